The third-order valence-electron chi connectivity index (χ3n) is 3.95. The Bertz CT molecular complexity index is 730. The largest absolute Gasteiger partial charge is 0.490 e. The summed E-state index contributed by atoms with van der Waals surface area (Å²) in [6.45, 7) is 7.33. The molecule has 2 rings (SSSR count). The minimum absolute atomic E-state index is 0.0310. The van der Waals surface area contributed by atoms with Crippen molar-refractivity contribution in [1.29, 1.82) is 0 Å². The van der Waals surface area contributed by atoms with Gasteiger partial charge in [-0.2, -0.15) is 0 Å². The average Bonchev–Trinajstić information content (AvgIpc) is 2.89. The SMILES string of the molecule is CCOC(=O)[C@@H](C)N1C(=O)S/C(=C/c2ccccc2O[C@@H](C)CC)C1=O. The first-order valence-electron chi connectivity index (χ1n) is 8.58. The highest BCUT2D eigenvalue weighted by Crippen LogP contribution is 2.35. The number of imide groups is 1. The fraction of sp³-hybridized carbons (Fsp3) is 0.421. The van der Waals surface area contributed by atoms with Crippen LogP contribution in [0.4, 0.5) is 4.79 Å². The van der Waals surface area contributed by atoms with Crippen LogP contribution in [0.1, 0.15) is 39.7 Å². The van der Waals surface area contributed by atoms with Crippen LogP contribution in [0, 0.1) is 0 Å². The number of carbonyl (C=O) groups is 3. The van der Waals surface area contributed by atoms with E-state index in [2.05, 4.69) is 0 Å². The number of amides is 2. The first-order chi connectivity index (χ1) is 12.4. The molecule has 0 N–H and O–H groups in total. The van der Waals surface area contributed by atoms with Crippen LogP contribution in [0.5, 0.6) is 5.75 Å². The molecule has 1 aliphatic heterocycles. The molecule has 0 spiro atoms. The summed E-state index contributed by atoms with van der Waals surface area (Å²) in [5, 5.41) is -0.484. The number of benzene rings is 1. The normalized spacial score (nSPS) is 18.2. The molecular formula is C19H23NO5S. The first-order valence-corrected chi connectivity index (χ1v) is 9.40. The van der Waals surface area contributed by atoms with Crippen LogP contribution in [0.25, 0.3) is 6.08 Å². The van der Waals surface area contributed by atoms with E-state index in [0.29, 0.717) is 11.3 Å². The molecule has 0 bridgehead atoms. The highest BCUT2D eigenvalue weighted by Gasteiger charge is 2.41. The number of ether oxygens (including phenoxy) is 2. The van der Waals surface area contributed by atoms with Gasteiger partial charge in [-0.1, -0.05) is 25.1 Å². The summed E-state index contributed by atoms with van der Waals surface area (Å²) in [4.78, 5) is 37.9. The van der Waals surface area contributed by atoms with E-state index in [1.165, 1.54) is 6.92 Å². The second-order valence-corrected chi connectivity index (χ2v) is 6.85. The summed E-state index contributed by atoms with van der Waals surface area (Å²) >= 11 is 0.809. The summed E-state index contributed by atoms with van der Waals surface area (Å²) in [6.07, 6.45) is 2.51. The number of hydrogen-bond donors (Lipinski definition) is 0. The van der Waals surface area contributed by atoms with Gasteiger partial charge in [-0.3, -0.25) is 14.5 Å². The van der Waals surface area contributed by atoms with Gasteiger partial charge in [0.15, 0.2) is 0 Å². The molecule has 1 aromatic rings. The van der Waals surface area contributed by atoms with Crippen molar-refractivity contribution in [1.82, 2.24) is 4.90 Å². The molecule has 1 saturated heterocycles. The van der Waals surface area contributed by atoms with Crippen molar-refractivity contribution >= 4 is 35.0 Å². The summed E-state index contributed by atoms with van der Waals surface area (Å²) < 4.78 is 10.8. The van der Waals surface area contributed by atoms with Crippen LogP contribution in [-0.4, -0.2) is 40.8 Å². The number of esters is 1. The van der Waals surface area contributed by atoms with Crippen LogP contribution in [0.2, 0.25) is 0 Å². The van der Waals surface area contributed by atoms with E-state index in [1.54, 1.807) is 13.0 Å². The van der Waals surface area contributed by atoms with Gasteiger partial charge < -0.3 is 9.47 Å². The second-order valence-electron chi connectivity index (χ2n) is 5.85. The molecule has 6 nitrogen and oxygen atoms in total. The van der Waals surface area contributed by atoms with Crippen LogP contribution < -0.4 is 4.74 Å². The van der Waals surface area contributed by atoms with E-state index in [9.17, 15) is 14.4 Å². The molecule has 1 aromatic carbocycles. The van der Waals surface area contributed by atoms with Gasteiger partial charge in [0.2, 0.25) is 0 Å². The molecule has 0 unspecified atom stereocenters. The van der Waals surface area contributed by atoms with Crippen LogP contribution in [0.15, 0.2) is 29.2 Å². The number of thioether (sulfide) groups is 1. The Balaban J connectivity index is 2.27. The molecule has 0 aliphatic carbocycles. The molecule has 0 saturated carbocycles. The molecular weight excluding hydrogens is 354 g/mol. The van der Waals surface area contributed by atoms with Crippen LogP contribution in [0.3, 0.4) is 0 Å². The highest BCUT2D eigenvalue weighted by molar-refractivity contribution is 8.18. The monoisotopic (exact) mass is 377 g/mol. The van der Waals surface area contributed by atoms with Crippen molar-refractivity contribution in [3.63, 3.8) is 0 Å². The lowest BCUT2D eigenvalue weighted by atomic mass is 10.1. The number of rotatable bonds is 7. The first kappa shape index (κ1) is 20.0. The smallest absolute Gasteiger partial charge is 0.329 e. The maximum Gasteiger partial charge on any atom is 0.329 e. The second kappa shape index (κ2) is 8.89. The Morgan fingerprint density at radius 3 is 2.58 bits per heavy atom. The van der Waals surface area contributed by atoms with Gasteiger partial charge >= 0.3 is 5.97 Å². The van der Waals surface area contributed by atoms with Gasteiger partial charge in [-0.15, -0.1) is 0 Å². The topological polar surface area (TPSA) is 72.9 Å². The zero-order valence-electron chi connectivity index (χ0n) is 15.4. The number of hydrogen-bond acceptors (Lipinski definition) is 6. The third kappa shape index (κ3) is 4.46. The molecule has 1 aliphatic rings. The Morgan fingerprint density at radius 1 is 1.23 bits per heavy atom. The van der Waals surface area contributed by atoms with Gasteiger partial charge in [-0.25, -0.2) is 4.79 Å². The molecule has 0 radical (unpaired) electrons. The lowest BCUT2D eigenvalue weighted by Gasteiger charge is -2.19. The fourth-order valence-corrected chi connectivity index (χ4v) is 3.23. The van der Waals surface area contributed by atoms with Crippen molar-refractivity contribution in [2.24, 2.45) is 0 Å². The lowest BCUT2D eigenvalue weighted by molar-refractivity contribution is -0.150. The average molecular weight is 377 g/mol. The summed E-state index contributed by atoms with van der Waals surface area (Å²) in [7, 11) is 0. The summed E-state index contributed by atoms with van der Waals surface area (Å²) in [5.74, 6) is -0.456. The third-order valence-corrected chi connectivity index (χ3v) is 4.83. The maximum absolute atomic E-state index is 12.6. The van der Waals surface area contributed by atoms with E-state index in [-0.39, 0.29) is 17.6 Å². The number of para-hydroxylation sites is 1. The quantitative estimate of drug-likeness (QED) is 0.531. The lowest BCUT2D eigenvalue weighted by Crippen LogP contribution is -2.42. The maximum atomic E-state index is 12.6. The Labute approximate surface area is 157 Å². The van der Waals surface area contributed by atoms with Crippen LogP contribution in [-0.2, 0) is 14.3 Å². The minimum atomic E-state index is -0.958. The molecule has 2 amide bonds. The molecule has 0 aromatic heterocycles. The van der Waals surface area contributed by atoms with Crippen molar-refractivity contribution in [3.05, 3.63) is 34.7 Å². The predicted octanol–water partition coefficient (Wildman–Crippen LogP) is 3.85. The van der Waals surface area contributed by atoms with E-state index < -0.39 is 23.2 Å². The Morgan fingerprint density at radius 2 is 1.92 bits per heavy atom. The van der Waals surface area contributed by atoms with E-state index in [0.717, 1.165) is 23.1 Å². The van der Waals surface area contributed by atoms with Crippen molar-refractivity contribution in [2.75, 3.05) is 6.61 Å². The highest BCUT2D eigenvalue weighted by atomic mass is 32.2. The van der Waals surface area contributed by atoms with Crippen molar-refractivity contribution in [3.8, 4) is 5.75 Å². The fourth-order valence-electron chi connectivity index (χ4n) is 2.33. The van der Waals surface area contributed by atoms with Gasteiger partial charge in [0, 0.05) is 5.56 Å². The van der Waals surface area contributed by atoms with E-state index in [4.69, 9.17) is 9.47 Å². The molecule has 2 atom stereocenters. The van der Waals surface area contributed by atoms with Gasteiger partial charge in [0.1, 0.15) is 11.8 Å². The van der Waals surface area contributed by atoms with Crippen molar-refractivity contribution < 1.29 is 23.9 Å². The van der Waals surface area contributed by atoms with E-state index >= 15 is 0 Å². The molecule has 1 heterocycles. The van der Waals surface area contributed by atoms with Crippen molar-refractivity contribution in [2.45, 2.75) is 46.3 Å². The van der Waals surface area contributed by atoms with Crippen LogP contribution >= 0.6 is 11.8 Å². The minimum Gasteiger partial charge on any atom is -0.490 e. The standard InChI is InChI=1S/C19H23NO5S/c1-5-12(3)25-15-10-8-7-9-14(15)11-16-17(21)20(19(23)26-16)13(4)18(22)24-6-2/h7-13H,5-6H2,1-4H3/b16-11+/t12-,13+/m0/s1. The summed E-state index contributed by atoms with van der Waals surface area (Å²) in [6, 6.07) is 6.37. The molecule has 7 heteroatoms. The van der Waals surface area contributed by atoms with Gasteiger partial charge in [0.25, 0.3) is 11.1 Å². The zero-order chi connectivity index (χ0) is 19.3. The predicted molar refractivity (Wildman–Crippen MR) is 101 cm³/mol. The number of nitrogens with zero attached hydrogens (tertiary/aromatic N) is 1. The summed E-state index contributed by atoms with van der Waals surface area (Å²) in [5.41, 5.74) is 0.710. The molecule has 1 fully saturated rings. The molecule has 26 heavy (non-hydrogen) atoms. The number of carbonyl (C=O) groups excluding carboxylic acids is 3. The molecule has 140 valence electrons. The Hall–Kier alpha value is -2.28. The Kier molecular flexibility index (Phi) is 6.85. The van der Waals surface area contributed by atoms with Gasteiger partial charge in [-0.05, 0) is 51.1 Å². The van der Waals surface area contributed by atoms with Gasteiger partial charge in [0.05, 0.1) is 17.6 Å². The zero-order valence-corrected chi connectivity index (χ0v) is 16.2. The van der Waals surface area contributed by atoms with E-state index in [1.807, 2.05) is 38.1 Å².